The van der Waals surface area contributed by atoms with Gasteiger partial charge in [0, 0.05) is 17.9 Å². The van der Waals surface area contributed by atoms with Crippen molar-refractivity contribution >= 4 is 10.8 Å². The SMILES string of the molecule is COc1cc2cc[n+](CCCN)cc2cc1OC. The molecule has 0 saturated heterocycles. The van der Waals surface area contributed by atoms with E-state index in [0.717, 1.165) is 35.2 Å². The van der Waals surface area contributed by atoms with Gasteiger partial charge in [-0.05, 0) is 24.1 Å². The van der Waals surface area contributed by atoms with Crippen LogP contribution in [-0.2, 0) is 6.54 Å². The quantitative estimate of drug-likeness (QED) is 0.814. The minimum atomic E-state index is 0.705. The Balaban J connectivity index is 2.42. The van der Waals surface area contributed by atoms with Crippen molar-refractivity contribution in [3.05, 3.63) is 30.6 Å². The third kappa shape index (κ3) is 2.54. The van der Waals surface area contributed by atoms with Gasteiger partial charge in [0.25, 0.3) is 0 Å². The maximum absolute atomic E-state index is 5.52. The van der Waals surface area contributed by atoms with Crippen molar-refractivity contribution in [2.24, 2.45) is 5.73 Å². The van der Waals surface area contributed by atoms with Crippen LogP contribution < -0.4 is 19.8 Å². The number of aromatic nitrogens is 1. The van der Waals surface area contributed by atoms with Crippen molar-refractivity contribution in [3.63, 3.8) is 0 Å². The van der Waals surface area contributed by atoms with Crippen LogP contribution in [0.25, 0.3) is 10.8 Å². The van der Waals surface area contributed by atoms with E-state index < -0.39 is 0 Å². The third-order valence-electron chi connectivity index (χ3n) is 2.96. The highest BCUT2D eigenvalue weighted by molar-refractivity contribution is 5.84. The predicted molar refractivity (Wildman–Crippen MR) is 70.9 cm³/mol. The highest BCUT2D eigenvalue weighted by Crippen LogP contribution is 2.31. The number of rotatable bonds is 5. The van der Waals surface area contributed by atoms with Crippen LogP contribution in [0.1, 0.15) is 6.42 Å². The van der Waals surface area contributed by atoms with Crippen LogP contribution in [0.15, 0.2) is 30.6 Å². The fraction of sp³-hybridized carbons (Fsp3) is 0.357. The normalized spacial score (nSPS) is 10.6. The molecule has 2 aromatic rings. The Morgan fingerprint density at radius 3 is 2.39 bits per heavy atom. The van der Waals surface area contributed by atoms with E-state index in [1.165, 1.54) is 0 Å². The van der Waals surface area contributed by atoms with Crippen molar-refractivity contribution < 1.29 is 14.0 Å². The summed E-state index contributed by atoms with van der Waals surface area (Å²) in [6.07, 6.45) is 5.14. The summed E-state index contributed by atoms with van der Waals surface area (Å²) in [7, 11) is 3.29. The second-order valence-electron chi connectivity index (χ2n) is 4.16. The van der Waals surface area contributed by atoms with Crippen LogP contribution in [0.4, 0.5) is 0 Å². The Labute approximate surface area is 107 Å². The fourth-order valence-electron chi connectivity index (χ4n) is 1.98. The first kappa shape index (κ1) is 12.6. The maximum atomic E-state index is 5.52. The number of benzene rings is 1. The summed E-state index contributed by atoms with van der Waals surface area (Å²) in [4.78, 5) is 0. The number of fused-ring (bicyclic) bond motifs is 1. The molecule has 1 heterocycles. The second kappa shape index (κ2) is 5.69. The summed E-state index contributed by atoms with van der Waals surface area (Å²) in [6, 6.07) is 6.06. The number of nitrogens with two attached hydrogens (primary N) is 1. The molecule has 0 aliphatic rings. The zero-order valence-corrected chi connectivity index (χ0v) is 10.8. The lowest BCUT2D eigenvalue weighted by molar-refractivity contribution is -0.695. The van der Waals surface area contributed by atoms with Crippen molar-refractivity contribution in [2.45, 2.75) is 13.0 Å². The molecule has 0 radical (unpaired) electrons. The van der Waals surface area contributed by atoms with Crippen LogP contribution in [0.5, 0.6) is 11.5 Å². The molecule has 0 unspecified atom stereocenters. The van der Waals surface area contributed by atoms with E-state index in [0.29, 0.717) is 6.54 Å². The van der Waals surface area contributed by atoms with E-state index in [1.54, 1.807) is 14.2 Å². The molecule has 1 aromatic heterocycles. The molecule has 96 valence electrons. The standard InChI is InChI=1S/C14H19N2O2/c1-17-13-8-11-4-7-16(6-3-5-15)10-12(11)9-14(13)18-2/h4,7-10H,3,5-6,15H2,1-2H3/q+1. The summed E-state index contributed by atoms with van der Waals surface area (Å²) in [5, 5.41) is 2.27. The van der Waals surface area contributed by atoms with E-state index in [9.17, 15) is 0 Å². The van der Waals surface area contributed by atoms with Crippen molar-refractivity contribution in [1.29, 1.82) is 0 Å². The highest BCUT2D eigenvalue weighted by atomic mass is 16.5. The lowest BCUT2D eigenvalue weighted by atomic mass is 10.1. The molecule has 1 aromatic carbocycles. The van der Waals surface area contributed by atoms with Gasteiger partial charge >= 0.3 is 0 Å². The fourth-order valence-corrected chi connectivity index (χ4v) is 1.98. The summed E-state index contributed by atoms with van der Waals surface area (Å²) >= 11 is 0. The van der Waals surface area contributed by atoms with Gasteiger partial charge in [0.1, 0.15) is 6.54 Å². The molecule has 0 fully saturated rings. The zero-order valence-electron chi connectivity index (χ0n) is 10.8. The van der Waals surface area contributed by atoms with Gasteiger partial charge in [0.15, 0.2) is 23.9 Å². The summed E-state index contributed by atoms with van der Waals surface area (Å²) < 4.78 is 12.7. The molecule has 4 nitrogen and oxygen atoms in total. The average Bonchev–Trinajstić information content (AvgIpc) is 2.43. The van der Waals surface area contributed by atoms with Crippen molar-refractivity contribution in [1.82, 2.24) is 0 Å². The van der Waals surface area contributed by atoms with Gasteiger partial charge in [0.05, 0.1) is 14.2 Å². The first-order valence-corrected chi connectivity index (χ1v) is 6.03. The summed E-state index contributed by atoms with van der Waals surface area (Å²) in [6.45, 7) is 1.64. The number of nitrogens with zero attached hydrogens (tertiary/aromatic N) is 1. The number of methoxy groups -OCH3 is 2. The number of aryl methyl sites for hydroxylation is 1. The van der Waals surface area contributed by atoms with E-state index in [1.807, 2.05) is 12.1 Å². The first-order valence-electron chi connectivity index (χ1n) is 6.03. The largest absolute Gasteiger partial charge is 0.493 e. The topological polar surface area (TPSA) is 48.4 Å². The molecule has 2 N–H and O–H groups in total. The minimum absolute atomic E-state index is 0.705. The molecule has 2 rings (SSSR count). The number of hydrogen-bond donors (Lipinski definition) is 1. The smallest absolute Gasteiger partial charge is 0.176 e. The van der Waals surface area contributed by atoms with E-state index in [-0.39, 0.29) is 0 Å². The Hall–Kier alpha value is -1.81. The summed E-state index contributed by atoms with van der Waals surface area (Å²) in [5.74, 6) is 1.51. The van der Waals surface area contributed by atoms with Gasteiger partial charge in [-0.1, -0.05) is 0 Å². The molecule has 0 aliphatic heterocycles. The van der Waals surface area contributed by atoms with Crippen LogP contribution in [0, 0.1) is 0 Å². The monoisotopic (exact) mass is 247 g/mol. The molecule has 4 heteroatoms. The van der Waals surface area contributed by atoms with Gasteiger partial charge in [0.2, 0.25) is 0 Å². The second-order valence-corrected chi connectivity index (χ2v) is 4.16. The van der Waals surface area contributed by atoms with Gasteiger partial charge in [-0.3, -0.25) is 0 Å². The van der Waals surface area contributed by atoms with E-state index in [4.69, 9.17) is 15.2 Å². The van der Waals surface area contributed by atoms with Gasteiger partial charge in [-0.2, -0.15) is 0 Å². The van der Waals surface area contributed by atoms with E-state index >= 15 is 0 Å². The molecule has 0 saturated carbocycles. The highest BCUT2D eigenvalue weighted by Gasteiger charge is 2.09. The first-order chi connectivity index (χ1) is 8.78. The van der Waals surface area contributed by atoms with Gasteiger partial charge < -0.3 is 15.2 Å². The molecular formula is C14H19N2O2+. The Morgan fingerprint density at radius 1 is 1.11 bits per heavy atom. The van der Waals surface area contributed by atoms with Gasteiger partial charge in [-0.15, -0.1) is 0 Å². The Bertz CT molecular complexity index is 541. The lowest BCUT2D eigenvalue weighted by Crippen LogP contribution is -2.33. The number of pyridine rings is 1. The predicted octanol–water partition coefficient (Wildman–Crippen LogP) is 1.49. The van der Waals surface area contributed by atoms with Crippen molar-refractivity contribution in [2.75, 3.05) is 20.8 Å². The van der Waals surface area contributed by atoms with Crippen LogP contribution in [0.2, 0.25) is 0 Å². The Morgan fingerprint density at radius 2 is 1.78 bits per heavy atom. The molecule has 0 atom stereocenters. The molecule has 18 heavy (non-hydrogen) atoms. The third-order valence-corrected chi connectivity index (χ3v) is 2.96. The molecule has 0 amide bonds. The van der Waals surface area contributed by atoms with Crippen molar-refractivity contribution in [3.8, 4) is 11.5 Å². The Kier molecular flexibility index (Phi) is 3.99. The zero-order chi connectivity index (χ0) is 13.0. The maximum Gasteiger partial charge on any atom is 0.176 e. The minimum Gasteiger partial charge on any atom is -0.493 e. The molecular weight excluding hydrogens is 228 g/mol. The molecule has 0 spiro atoms. The number of ether oxygens (including phenoxy) is 2. The lowest BCUT2D eigenvalue weighted by Gasteiger charge is -2.08. The van der Waals surface area contributed by atoms with Crippen LogP contribution in [0.3, 0.4) is 0 Å². The molecule has 0 bridgehead atoms. The number of hydrogen-bond acceptors (Lipinski definition) is 3. The molecule has 0 aliphatic carbocycles. The van der Waals surface area contributed by atoms with Crippen LogP contribution >= 0.6 is 0 Å². The van der Waals surface area contributed by atoms with E-state index in [2.05, 4.69) is 23.0 Å². The average molecular weight is 247 g/mol. The van der Waals surface area contributed by atoms with Crippen LogP contribution in [-0.4, -0.2) is 20.8 Å². The van der Waals surface area contributed by atoms with Gasteiger partial charge in [-0.25, -0.2) is 4.57 Å². The summed E-state index contributed by atoms with van der Waals surface area (Å²) in [5.41, 5.74) is 5.52.